The van der Waals surface area contributed by atoms with Gasteiger partial charge in [0, 0.05) is 24.6 Å². The van der Waals surface area contributed by atoms with Crippen LogP contribution in [0.15, 0.2) is 30.4 Å². The number of carbonyl (C=O) groups is 1. The molecule has 1 aromatic rings. The predicted molar refractivity (Wildman–Crippen MR) is 93.9 cm³/mol. The van der Waals surface area contributed by atoms with E-state index in [1.54, 1.807) is 0 Å². The predicted octanol–water partition coefficient (Wildman–Crippen LogP) is 2.63. The highest BCUT2D eigenvalue weighted by molar-refractivity contribution is 5.80. The highest BCUT2D eigenvalue weighted by atomic mass is 16.5. The van der Waals surface area contributed by atoms with Gasteiger partial charge in [0.15, 0.2) is 0 Å². The number of pyridine rings is 1. The molecule has 2 fully saturated rings. The summed E-state index contributed by atoms with van der Waals surface area (Å²) in [6, 6.07) is 6.01. The number of likely N-dealkylation sites (tertiary alicyclic amines) is 1. The van der Waals surface area contributed by atoms with E-state index in [-0.39, 0.29) is 23.5 Å². The normalized spacial score (nSPS) is 25.3. The first-order valence-electron chi connectivity index (χ1n) is 9.25. The average Bonchev–Trinajstić information content (AvgIpc) is 3.12. The van der Waals surface area contributed by atoms with Gasteiger partial charge in [-0.2, -0.15) is 0 Å². The molecule has 5 nitrogen and oxygen atoms in total. The van der Waals surface area contributed by atoms with Crippen molar-refractivity contribution in [2.24, 2.45) is 5.92 Å². The first-order chi connectivity index (χ1) is 12.1. The van der Waals surface area contributed by atoms with Gasteiger partial charge in [-0.3, -0.25) is 9.78 Å². The van der Waals surface area contributed by atoms with E-state index in [2.05, 4.69) is 17.1 Å². The maximum absolute atomic E-state index is 12.5. The number of aryl methyl sites for hydroxylation is 1. The number of carbonyl (C=O) groups excluding carboxylic acids is 1. The molecule has 0 N–H and O–H groups in total. The minimum absolute atomic E-state index is 0.153. The zero-order chi connectivity index (χ0) is 17.3. The molecule has 0 radical (unpaired) electrons. The number of hydrogen-bond donors (Lipinski definition) is 0. The second-order valence-corrected chi connectivity index (χ2v) is 7.56. The van der Waals surface area contributed by atoms with E-state index in [0.717, 1.165) is 37.1 Å². The summed E-state index contributed by atoms with van der Waals surface area (Å²) >= 11 is 0. The Hall–Kier alpha value is -1.72. The van der Waals surface area contributed by atoms with Gasteiger partial charge < -0.3 is 14.4 Å². The van der Waals surface area contributed by atoms with Crippen LogP contribution >= 0.6 is 0 Å². The molecule has 1 aliphatic carbocycles. The van der Waals surface area contributed by atoms with Gasteiger partial charge in [0.05, 0.1) is 31.5 Å². The van der Waals surface area contributed by atoms with E-state index in [1.807, 2.05) is 30.0 Å². The summed E-state index contributed by atoms with van der Waals surface area (Å²) < 4.78 is 12.1. The zero-order valence-corrected chi connectivity index (χ0v) is 14.8. The van der Waals surface area contributed by atoms with Gasteiger partial charge in [0.1, 0.15) is 5.60 Å². The largest absolute Gasteiger partial charge is 0.372 e. The van der Waals surface area contributed by atoms with Crippen LogP contribution in [0.1, 0.15) is 37.1 Å². The highest BCUT2D eigenvalue weighted by Crippen LogP contribution is 2.37. The monoisotopic (exact) mass is 342 g/mol. The van der Waals surface area contributed by atoms with Crippen LogP contribution in [0.3, 0.4) is 0 Å². The SMILES string of the molecule is Cc1cccc(CO[C@H]2CCOC3(C2)CN(C(=O)C2CC=CC2)C3)n1. The summed E-state index contributed by atoms with van der Waals surface area (Å²) in [5, 5.41) is 0. The van der Waals surface area contributed by atoms with E-state index in [9.17, 15) is 4.79 Å². The van der Waals surface area contributed by atoms with E-state index in [0.29, 0.717) is 26.3 Å². The van der Waals surface area contributed by atoms with E-state index in [4.69, 9.17) is 9.47 Å². The lowest BCUT2D eigenvalue weighted by atomic mass is 9.83. The fourth-order valence-corrected chi connectivity index (χ4v) is 4.11. The smallest absolute Gasteiger partial charge is 0.226 e. The van der Waals surface area contributed by atoms with Crippen LogP contribution in [-0.2, 0) is 20.9 Å². The van der Waals surface area contributed by atoms with Crippen LogP contribution in [-0.4, -0.2) is 47.2 Å². The van der Waals surface area contributed by atoms with Crippen LogP contribution in [0.2, 0.25) is 0 Å². The van der Waals surface area contributed by atoms with Gasteiger partial charge in [-0.25, -0.2) is 0 Å². The molecule has 0 saturated carbocycles. The Balaban J connectivity index is 1.28. The third kappa shape index (κ3) is 3.62. The van der Waals surface area contributed by atoms with Crippen molar-refractivity contribution < 1.29 is 14.3 Å². The Labute approximate surface area is 149 Å². The molecule has 134 valence electrons. The molecule has 0 unspecified atom stereocenters. The van der Waals surface area contributed by atoms with Crippen LogP contribution < -0.4 is 0 Å². The zero-order valence-electron chi connectivity index (χ0n) is 14.8. The topological polar surface area (TPSA) is 51.7 Å². The van der Waals surface area contributed by atoms with Crippen molar-refractivity contribution in [3.63, 3.8) is 0 Å². The Morgan fingerprint density at radius 3 is 2.92 bits per heavy atom. The molecular weight excluding hydrogens is 316 g/mol. The number of amides is 1. The quantitative estimate of drug-likeness (QED) is 0.790. The minimum atomic E-state index is -0.190. The fraction of sp³-hybridized carbons (Fsp3) is 0.600. The maximum Gasteiger partial charge on any atom is 0.226 e. The Kier molecular flexibility index (Phi) is 4.61. The minimum Gasteiger partial charge on any atom is -0.372 e. The first-order valence-corrected chi connectivity index (χ1v) is 9.25. The second kappa shape index (κ2) is 6.89. The number of ether oxygens (including phenoxy) is 2. The van der Waals surface area contributed by atoms with Crippen molar-refractivity contribution in [2.75, 3.05) is 19.7 Å². The Morgan fingerprint density at radius 1 is 1.36 bits per heavy atom. The van der Waals surface area contributed by atoms with Gasteiger partial charge in [0.25, 0.3) is 0 Å². The molecule has 25 heavy (non-hydrogen) atoms. The Bertz CT molecular complexity index is 659. The third-order valence-corrected chi connectivity index (χ3v) is 5.49. The molecule has 5 heteroatoms. The molecule has 2 saturated heterocycles. The van der Waals surface area contributed by atoms with Crippen molar-refractivity contribution in [1.29, 1.82) is 0 Å². The standard InChI is InChI=1S/C20H26N2O3/c1-15-5-4-8-17(21-15)12-24-18-9-10-25-20(11-18)13-22(14-20)19(23)16-6-2-3-7-16/h2-5,8,16,18H,6-7,9-14H2,1H3/t18-/m0/s1. The molecule has 3 heterocycles. The summed E-state index contributed by atoms with van der Waals surface area (Å²) in [5.74, 6) is 0.437. The van der Waals surface area contributed by atoms with Crippen molar-refractivity contribution in [3.8, 4) is 0 Å². The lowest BCUT2D eigenvalue weighted by Crippen LogP contribution is -2.68. The Morgan fingerprint density at radius 2 is 2.16 bits per heavy atom. The molecule has 1 atom stereocenters. The summed E-state index contributed by atoms with van der Waals surface area (Å²) in [7, 11) is 0. The number of rotatable bonds is 4. The van der Waals surface area contributed by atoms with Gasteiger partial charge in [-0.15, -0.1) is 0 Å². The average molecular weight is 342 g/mol. The number of allylic oxidation sites excluding steroid dienone is 2. The number of hydrogen-bond acceptors (Lipinski definition) is 4. The maximum atomic E-state index is 12.5. The molecule has 3 aliphatic rings. The molecule has 1 amide bonds. The van der Waals surface area contributed by atoms with Crippen molar-refractivity contribution >= 4 is 5.91 Å². The number of nitrogens with zero attached hydrogens (tertiary/aromatic N) is 2. The van der Waals surface area contributed by atoms with Gasteiger partial charge in [0.2, 0.25) is 5.91 Å². The first kappa shape index (κ1) is 16.7. The van der Waals surface area contributed by atoms with Gasteiger partial charge in [-0.05, 0) is 38.3 Å². The second-order valence-electron chi connectivity index (χ2n) is 7.56. The summed E-state index contributed by atoms with van der Waals surface area (Å²) in [6.45, 7) is 4.67. The summed E-state index contributed by atoms with van der Waals surface area (Å²) in [6.07, 6.45) is 7.95. The summed E-state index contributed by atoms with van der Waals surface area (Å²) in [5.41, 5.74) is 1.80. The molecule has 1 aromatic heterocycles. The molecule has 0 aromatic carbocycles. The van der Waals surface area contributed by atoms with Crippen LogP contribution in [0.25, 0.3) is 0 Å². The van der Waals surface area contributed by atoms with Crippen molar-refractivity contribution in [1.82, 2.24) is 9.88 Å². The van der Waals surface area contributed by atoms with Crippen molar-refractivity contribution in [2.45, 2.75) is 50.9 Å². The highest BCUT2D eigenvalue weighted by Gasteiger charge is 2.50. The van der Waals surface area contributed by atoms with E-state index < -0.39 is 0 Å². The molecule has 4 rings (SSSR count). The molecule has 0 bridgehead atoms. The molecule has 1 spiro atoms. The van der Waals surface area contributed by atoms with Crippen LogP contribution in [0, 0.1) is 12.8 Å². The van der Waals surface area contributed by atoms with Gasteiger partial charge in [-0.1, -0.05) is 18.2 Å². The van der Waals surface area contributed by atoms with E-state index >= 15 is 0 Å². The van der Waals surface area contributed by atoms with Crippen molar-refractivity contribution in [3.05, 3.63) is 41.7 Å². The van der Waals surface area contributed by atoms with E-state index in [1.165, 1.54) is 0 Å². The van der Waals surface area contributed by atoms with Crippen LogP contribution in [0.5, 0.6) is 0 Å². The fourth-order valence-electron chi connectivity index (χ4n) is 4.11. The molecular formula is C20H26N2O3. The van der Waals surface area contributed by atoms with Gasteiger partial charge >= 0.3 is 0 Å². The molecule has 2 aliphatic heterocycles. The number of aromatic nitrogens is 1. The third-order valence-electron chi connectivity index (χ3n) is 5.49. The summed E-state index contributed by atoms with van der Waals surface area (Å²) in [4.78, 5) is 18.9. The van der Waals surface area contributed by atoms with Crippen LogP contribution in [0.4, 0.5) is 0 Å². The lowest BCUT2D eigenvalue weighted by molar-refractivity contribution is -0.204. The lowest BCUT2D eigenvalue weighted by Gasteiger charge is -2.53.